The Kier molecular flexibility index (Phi) is 3.21. The van der Waals surface area contributed by atoms with Gasteiger partial charge in [-0.15, -0.1) is 0 Å². The molecule has 0 N–H and O–H groups in total. The first-order chi connectivity index (χ1) is 10.5. The molecule has 2 amide bonds. The third-order valence-corrected chi connectivity index (χ3v) is 3.69. The summed E-state index contributed by atoms with van der Waals surface area (Å²) in [5.41, 5.74) is 1.46. The van der Waals surface area contributed by atoms with E-state index in [4.69, 9.17) is 0 Å². The largest absolute Gasteiger partial charge is 0.270 e. The zero-order chi connectivity index (χ0) is 15.9. The van der Waals surface area contributed by atoms with Crippen molar-refractivity contribution in [1.82, 2.24) is 0 Å². The smallest absolute Gasteiger partial charge is 0.268 e. The van der Waals surface area contributed by atoms with Crippen LogP contribution in [0.2, 0.25) is 0 Å². The normalized spacial score (nSPS) is 13.4. The van der Waals surface area contributed by atoms with Crippen LogP contribution in [-0.2, 0) is 6.42 Å². The zero-order valence-electron chi connectivity index (χ0n) is 11.8. The molecule has 6 heteroatoms. The average molecular weight is 296 g/mol. The molecule has 1 aliphatic heterocycles. The zero-order valence-corrected chi connectivity index (χ0v) is 11.8. The highest BCUT2D eigenvalue weighted by molar-refractivity contribution is 6.34. The number of hydrogen-bond acceptors (Lipinski definition) is 4. The van der Waals surface area contributed by atoms with E-state index in [0.29, 0.717) is 12.1 Å². The minimum absolute atomic E-state index is 0.0742. The van der Waals surface area contributed by atoms with Crippen LogP contribution in [0.25, 0.3) is 0 Å². The van der Waals surface area contributed by atoms with E-state index in [1.54, 1.807) is 12.1 Å². The van der Waals surface area contributed by atoms with E-state index in [0.717, 1.165) is 16.5 Å². The summed E-state index contributed by atoms with van der Waals surface area (Å²) in [5.74, 6) is -0.972. The number of amides is 2. The molecule has 0 saturated carbocycles. The molecule has 0 saturated heterocycles. The van der Waals surface area contributed by atoms with Gasteiger partial charge in [0.2, 0.25) is 0 Å². The number of imide groups is 1. The van der Waals surface area contributed by atoms with E-state index in [1.807, 2.05) is 19.1 Å². The van der Waals surface area contributed by atoms with Gasteiger partial charge in [-0.2, -0.15) is 0 Å². The molecule has 110 valence electrons. The monoisotopic (exact) mass is 296 g/mol. The van der Waals surface area contributed by atoms with Crippen molar-refractivity contribution in [3.63, 3.8) is 0 Å². The van der Waals surface area contributed by atoms with Crippen LogP contribution in [0.4, 0.5) is 11.4 Å². The Morgan fingerprint density at radius 1 is 1.05 bits per heavy atom. The molecule has 1 aliphatic rings. The molecule has 6 nitrogen and oxygen atoms in total. The Hall–Kier alpha value is -3.02. The highest BCUT2D eigenvalue weighted by atomic mass is 16.6. The van der Waals surface area contributed by atoms with E-state index < -0.39 is 16.7 Å². The predicted molar refractivity (Wildman–Crippen MR) is 80.1 cm³/mol. The molecule has 0 aliphatic carbocycles. The second-order valence-corrected chi connectivity index (χ2v) is 4.91. The summed E-state index contributed by atoms with van der Waals surface area (Å²) in [6, 6.07) is 10.9. The van der Waals surface area contributed by atoms with Crippen LogP contribution in [0.1, 0.15) is 33.2 Å². The highest BCUT2D eigenvalue weighted by Gasteiger charge is 2.38. The van der Waals surface area contributed by atoms with Gasteiger partial charge in [0.1, 0.15) is 0 Å². The number of nitro groups is 1. The number of non-ortho nitro benzene ring substituents is 1. The fourth-order valence-electron chi connectivity index (χ4n) is 2.59. The Balaban J connectivity index is 2.12. The number of nitrogens with zero attached hydrogens (tertiary/aromatic N) is 2. The number of fused-ring (bicyclic) bond motifs is 1. The molecular formula is C16H12N2O4. The third kappa shape index (κ3) is 1.96. The molecular weight excluding hydrogens is 284 g/mol. The molecule has 0 aromatic heterocycles. The summed E-state index contributed by atoms with van der Waals surface area (Å²) in [7, 11) is 0. The number of carbonyl (C=O) groups excluding carboxylic acids is 2. The summed E-state index contributed by atoms with van der Waals surface area (Å²) in [4.78, 5) is 36.4. The molecule has 0 spiro atoms. The highest BCUT2D eigenvalue weighted by Crippen LogP contribution is 2.32. The topological polar surface area (TPSA) is 80.5 Å². The van der Waals surface area contributed by atoms with Gasteiger partial charge in [0.05, 0.1) is 21.7 Å². The molecule has 22 heavy (non-hydrogen) atoms. The van der Waals surface area contributed by atoms with Crippen molar-refractivity contribution >= 4 is 23.2 Å². The summed E-state index contributed by atoms with van der Waals surface area (Å²) >= 11 is 0. The molecule has 0 fully saturated rings. The summed E-state index contributed by atoms with van der Waals surface area (Å²) in [6.07, 6.45) is 0.670. The number of para-hydroxylation sites is 1. The summed E-state index contributed by atoms with van der Waals surface area (Å²) in [6.45, 7) is 1.93. The van der Waals surface area contributed by atoms with Crippen molar-refractivity contribution in [2.45, 2.75) is 13.3 Å². The quantitative estimate of drug-likeness (QED) is 0.495. The van der Waals surface area contributed by atoms with Crippen LogP contribution >= 0.6 is 0 Å². The lowest BCUT2D eigenvalue weighted by molar-refractivity contribution is -0.384. The van der Waals surface area contributed by atoms with Crippen molar-refractivity contribution in [2.75, 3.05) is 4.90 Å². The minimum Gasteiger partial charge on any atom is -0.268 e. The lowest BCUT2D eigenvalue weighted by Gasteiger charge is -2.17. The first-order valence-electron chi connectivity index (χ1n) is 6.79. The van der Waals surface area contributed by atoms with Gasteiger partial charge in [0.25, 0.3) is 17.5 Å². The van der Waals surface area contributed by atoms with Crippen molar-refractivity contribution in [3.05, 3.63) is 69.3 Å². The first kappa shape index (κ1) is 13.9. The van der Waals surface area contributed by atoms with Crippen molar-refractivity contribution in [1.29, 1.82) is 0 Å². The van der Waals surface area contributed by atoms with Crippen LogP contribution in [0.3, 0.4) is 0 Å². The fraction of sp³-hybridized carbons (Fsp3) is 0.125. The molecule has 0 bridgehead atoms. The molecule has 0 atom stereocenters. The van der Waals surface area contributed by atoms with Gasteiger partial charge >= 0.3 is 0 Å². The Labute approximate surface area is 126 Å². The predicted octanol–water partition coefficient (Wildman–Crippen LogP) is 2.96. The van der Waals surface area contributed by atoms with Gasteiger partial charge in [-0.25, -0.2) is 4.90 Å². The van der Waals surface area contributed by atoms with Gasteiger partial charge in [0, 0.05) is 12.1 Å². The van der Waals surface area contributed by atoms with Gasteiger partial charge in [-0.05, 0) is 24.1 Å². The molecule has 3 rings (SSSR count). The molecule has 0 radical (unpaired) electrons. The van der Waals surface area contributed by atoms with E-state index in [1.165, 1.54) is 12.1 Å². The second-order valence-electron chi connectivity index (χ2n) is 4.91. The lowest BCUT2D eigenvalue weighted by Crippen LogP contribution is -2.30. The molecule has 2 aromatic carbocycles. The number of rotatable bonds is 3. The van der Waals surface area contributed by atoms with Gasteiger partial charge in [0.15, 0.2) is 0 Å². The van der Waals surface area contributed by atoms with Gasteiger partial charge in [-0.3, -0.25) is 19.7 Å². The number of benzene rings is 2. The van der Waals surface area contributed by atoms with E-state index in [-0.39, 0.29) is 16.8 Å². The number of nitro benzene ring substituents is 1. The molecule has 1 heterocycles. The Bertz CT molecular complexity index is 814. The Morgan fingerprint density at radius 2 is 1.73 bits per heavy atom. The number of hydrogen-bond donors (Lipinski definition) is 0. The van der Waals surface area contributed by atoms with Gasteiger partial charge < -0.3 is 0 Å². The third-order valence-electron chi connectivity index (χ3n) is 3.69. The standard InChI is InChI=1S/C16H12N2O4/c1-2-10-5-3-4-6-14(10)17-15(19)12-8-7-11(18(21)22)9-13(12)16(17)20/h3-9H,2H2,1H3. The van der Waals surface area contributed by atoms with Crippen LogP contribution < -0.4 is 4.90 Å². The van der Waals surface area contributed by atoms with Crippen LogP contribution in [-0.4, -0.2) is 16.7 Å². The van der Waals surface area contributed by atoms with E-state index in [2.05, 4.69) is 0 Å². The molecule has 2 aromatic rings. The lowest BCUT2D eigenvalue weighted by atomic mass is 10.1. The van der Waals surface area contributed by atoms with Gasteiger partial charge in [-0.1, -0.05) is 25.1 Å². The average Bonchev–Trinajstić information content (AvgIpc) is 2.78. The van der Waals surface area contributed by atoms with Crippen LogP contribution in [0, 0.1) is 10.1 Å². The number of aryl methyl sites for hydroxylation is 1. The van der Waals surface area contributed by atoms with Crippen molar-refractivity contribution in [2.24, 2.45) is 0 Å². The SMILES string of the molecule is CCc1ccccc1N1C(=O)c2ccc([N+](=O)[O-])cc2C1=O. The maximum absolute atomic E-state index is 12.5. The second kappa shape index (κ2) is 5.07. The van der Waals surface area contributed by atoms with E-state index >= 15 is 0 Å². The van der Waals surface area contributed by atoms with E-state index in [9.17, 15) is 19.7 Å². The van der Waals surface area contributed by atoms with Crippen LogP contribution in [0.5, 0.6) is 0 Å². The summed E-state index contributed by atoms with van der Waals surface area (Å²) < 4.78 is 0. The number of anilines is 1. The summed E-state index contributed by atoms with van der Waals surface area (Å²) in [5, 5.41) is 10.8. The fourth-order valence-corrected chi connectivity index (χ4v) is 2.59. The minimum atomic E-state index is -0.583. The van der Waals surface area contributed by atoms with Crippen LogP contribution in [0.15, 0.2) is 42.5 Å². The van der Waals surface area contributed by atoms with Crippen molar-refractivity contribution < 1.29 is 14.5 Å². The first-order valence-corrected chi connectivity index (χ1v) is 6.79. The van der Waals surface area contributed by atoms with Crippen molar-refractivity contribution in [3.8, 4) is 0 Å². The Morgan fingerprint density at radius 3 is 2.41 bits per heavy atom. The maximum atomic E-state index is 12.5. The number of carbonyl (C=O) groups is 2. The maximum Gasteiger partial charge on any atom is 0.270 e. The molecule has 0 unspecified atom stereocenters.